The molecule has 8 heteroatoms. The molecule has 0 unspecified atom stereocenters. The number of H-pyrrole nitrogens is 1. The Hall–Kier alpha value is -2.19. The zero-order valence-corrected chi connectivity index (χ0v) is 14.8. The van der Waals surface area contributed by atoms with E-state index in [1.807, 2.05) is 37.3 Å². The molecule has 2 aromatic heterocycles. The number of amides is 1. The molecule has 0 saturated heterocycles. The molecule has 2 N–H and O–H groups in total. The molecule has 0 radical (unpaired) electrons. The van der Waals surface area contributed by atoms with Crippen LogP contribution in [0.1, 0.15) is 21.8 Å². The summed E-state index contributed by atoms with van der Waals surface area (Å²) in [6, 6.07) is 9.37. The molecule has 0 spiro atoms. The molecule has 1 aromatic carbocycles. The summed E-state index contributed by atoms with van der Waals surface area (Å²) < 4.78 is 0.980. The van der Waals surface area contributed by atoms with Gasteiger partial charge in [-0.1, -0.05) is 35.2 Å². The number of aromatic amines is 1. The number of thioether (sulfide) groups is 1. The van der Waals surface area contributed by atoms with Crippen molar-refractivity contribution in [2.75, 3.05) is 12.3 Å². The number of benzene rings is 1. The van der Waals surface area contributed by atoms with Crippen molar-refractivity contribution in [3.05, 3.63) is 47.1 Å². The van der Waals surface area contributed by atoms with E-state index < -0.39 is 0 Å². The second-order valence-electron chi connectivity index (χ2n) is 5.09. The van der Waals surface area contributed by atoms with E-state index in [0.29, 0.717) is 12.1 Å². The van der Waals surface area contributed by atoms with Gasteiger partial charge in [0.05, 0.1) is 5.69 Å². The minimum Gasteiger partial charge on any atom is -0.352 e. The Bertz CT molecular complexity index is 783. The molecule has 3 rings (SSSR count). The molecule has 0 aliphatic carbocycles. The smallest absolute Gasteiger partial charge is 0.251 e. The molecule has 0 aliphatic rings. The van der Waals surface area contributed by atoms with Gasteiger partial charge in [-0.05, 0) is 37.1 Å². The summed E-state index contributed by atoms with van der Waals surface area (Å²) in [6.07, 6.45) is 2.60. The van der Waals surface area contributed by atoms with Crippen LogP contribution in [-0.4, -0.2) is 38.6 Å². The minimum atomic E-state index is -0.0529. The molecule has 6 nitrogen and oxygen atoms in total. The zero-order valence-electron chi connectivity index (χ0n) is 13.2. The lowest BCUT2D eigenvalue weighted by Gasteiger charge is -2.05. The summed E-state index contributed by atoms with van der Waals surface area (Å²) in [6.45, 7) is 2.59. The molecular formula is C16H17N5OS2. The maximum absolute atomic E-state index is 12.1. The predicted molar refractivity (Wildman–Crippen MR) is 96.3 cm³/mol. The molecule has 0 aliphatic heterocycles. The van der Waals surface area contributed by atoms with Gasteiger partial charge in [0.25, 0.3) is 5.91 Å². The van der Waals surface area contributed by atoms with E-state index in [9.17, 15) is 4.79 Å². The minimum absolute atomic E-state index is 0.0529. The molecule has 1 amide bonds. The van der Waals surface area contributed by atoms with Crippen molar-refractivity contribution in [3.8, 4) is 11.3 Å². The van der Waals surface area contributed by atoms with Crippen LogP contribution in [0, 0.1) is 6.92 Å². The SMILES string of the molecule is Cc1nnc(SCCCNC(=O)c2ccc(-c3ccn[nH]3)cc2)s1. The van der Waals surface area contributed by atoms with Gasteiger partial charge in [0.2, 0.25) is 0 Å². The molecule has 0 atom stereocenters. The van der Waals surface area contributed by atoms with Gasteiger partial charge in [-0.3, -0.25) is 9.89 Å². The number of carbonyl (C=O) groups excluding carboxylic acids is 1. The molecule has 124 valence electrons. The highest BCUT2D eigenvalue weighted by atomic mass is 32.2. The van der Waals surface area contributed by atoms with E-state index in [1.165, 1.54) is 0 Å². The summed E-state index contributed by atoms with van der Waals surface area (Å²) in [5.41, 5.74) is 2.60. The number of carbonyl (C=O) groups is 1. The summed E-state index contributed by atoms with van der Waals surface area (Å²) in [7, 11) is 0. The maximum atomic E-state index is 12.1. The molecule has 24 heavy (non-hydrogen) atoms. The molecular weight excluding hydrogens is 342 g/mol. The summed E-state index contributed by atoms with van der Waals surface area (Å²) in [5, 5.41) is 18.8. The van der Waals surface area contributed by atoms with E-state index in [-0.39, 0.29) is 5.91 Å². The Morgan fingerprint density at radius 2 is 2.08 bits per heavy atom. The summed E-state index contributed by atoms with van der Waals surface area (Å²) >= 11 is 3.27. The van der Waals surface area contributed by atoms with Crippen molar-refractivity contribution in [2.45, 2.75) is 17.7 Å². The number of aromatic nitrogens is 4. The number of hydrogen-bond acceptors (Lipinski definition) is 6. The van der Waals surface area contributed by atoms with Crippen LogP contribution in [0.15, 0.2) is 40.9 Å². The molecule has 0 fully saturated rings. The van der Waals surface area contributed by atoms with Gasteiger partial charge < -0.3 is 5.32 Å². The third-order valence-corrected chi connectivity index (χ3v) is 5.36. The van der Waals surface area contributed by atoms with Gasteiger partial charge in [-0.15, -0.1) is 10.2 Å². The molecule has 0 saturated carbocycles. The second-order valence-corrected chi connectivity index (χ2v) is 7.62. The molecule has 0 bridgehead atoms. The lowest BCUT2D eigenvalue weighted by Crippen LogP contribution is -2.24. The third-order valence-electron chi connectivity index (χ3n) is 3.30. The number of nitrogens with one attached hydrogen (secondary N) is 2. The lowest BCUT2D eigenvalue weighted by molar-refractivity contribution is 0.0954. The van der Waals surface area contributed by atoms with E-state index in [1.54, 1.807) is 29.3 Å². The van der Waals surface area contributed by atoms with Crippen LogP contribution in [0.25, 0.3) is 11.3 Å². The first-order chi connectivity index (χ1) is 11.7. The quantitative estimate of drug-likeness (QED) is 0.500. The van der Waals surface area contributed by atoms with Gasteiger partial charge >= 0.3 is 0 Å². The zero-order chi connectivity index (χ0) is 16.8. The van der Waals surface area contributed by atoms with Crippen molar-refractivity contribution in [1.29, 1.82) is 0 Å². The standard InChI is InChI=1S/C16H17N5OS2/c1-11-19-21-16(24-11)23-10-2-8-17-15(22)13-5-3-12(4-6-13)14-7-9-18-20-14/h3-7,9H,2,8,10H2,1H3,(H,17,22)(H,18,20). The first-order valence-corrected chi connectivity index (χ1v) is 9.33. The highest BCUT2D eigenvalue weighted by Crippen LogP contribution is 2.22. The number of rotatable bonds is 7. The Kier molecular flexibility index (Phi) is 5.60. The van der Waals surface area contributed by atoms with Crippen LogP contribution in [0.2, 0.25) is 0 Å². The van der Waals surface area contributed by atoms with Crippen LogP contribution in [0.4, 0.5) is 0 Å². The normalized spacial score (nSPS) is 10.7. The van der Waals surface area contributed by atoms with Crippen LogP contribution < -0.4 is 5.32 Å². The van der Waals surface area contributed by atoms with Crippen LogP contribution in [0.5, 0.6) is 0 Å². The van der Waals surface area contributed by atoms with E-state index in [4.69, 9.17) is 0 Å². The highest BCUT2D eigenvalue weighted by Gasteiger charge is 2.06. The lowest BCUT2D eigenvalue weighted by atomic mass is 10.1. The largest absolute Gasteiger partial charge is 0.352 e. The topological polar surface area (TPSA) is 83.6 Å². The Morgan fingerprint density at radius 3 is 2.75 bits per heavy atom. The predicted octanol–water partition coefficient (Wildman–Crippen LogP) is 3.15. The third kappa shape index (κ3) is 4.42. The van der Waals surface area contributed by atoms with E-state index >= 15 is 0 Å². The Morgan fingerprint density at radius 1 is 1.25 bits per heavy atom. The van der Waals surface area contributed by atoms with E-state index in [2.05, 4.69) is 25.7 Å². The van der Waals surface area contributed by atoms with Gasteiger partial charge in [-0.25, -0.2) is 0 Å². The fourth-order valence-corrected chi connectivity index (χ4v) is 3.92. The highest BCUT2D eigenvalue weighted by molar-refractivity contribution is 8.01. The van der Waals surface area contributed by atoms with Crippen LogP contribution >= 0.6 is 23.1 Å². The fraction of sp³-hybridized carbons (Fsp3) is 0.250. The van der Waals surface area contributed by atoms with Crippen molar-refractivity contribution >= 4 is 29.0 Å². The summed E-state index contributed by atoms with van der Waals surface area (Å²) in [5.74, 6) is 0.858. The monoisotopic (exact) mass is 359 g/mol. The number of nitrogens with zero attached hydrogens (tertiary/aromatic N) is 3. The Balaban J connectivity index is 1.42. The molecule has 2 heterocycles. The average molecular weight is 359 g/mol. The van der Waals surface area contributed by atoms with Crippen molar-refractivity contribution in [1.82, 2.24) is 25.7 Å². The van der Waals surface area contributed by atoms with Crippen molar-refractivity contribution in [2.24, 2.45) is 0 Å². The fourth-order valence-electron chi connectivity index (χ4n) is 2.09. The summed E-state index contributed by atoms with van der Waals surface area (Å²) in [4.78, 5) is 12.1. The first kappa shape index (κ1) is 16.7. The van der Waals surface area contributed by atoms with Crippen LogP contribution in [-0.2, 0) is 0 Å². The number of hydrogen-bond donors (Lipinski definition) is 2. The van der Waals surface area contributed by atoms with Gasteiger partial charge in [-0.2, -0.15) is 5.10 Å². The van der Waals surface area contributed by atoms with Crippen LogP contribution in [0.3, 0.4) is 0 Å². The molecule has 3 aromatic rings. The van der Waals surface area contributed by atoms with Gasteiger partial charge in [0.1, 0.15) is 5.01 Å². The Labute approximate surface area is 148 Å². The average Bonchev–Trinajstić information content (AvgIpc) is 3.26. The second kappa shape index (κ2) is 8.07. The van der Waals surface area contributed by atoms with Crippen molar-refractivity contribution in [3.63, 3.8) is 0 Å². The van der Waals surface area contributed by atoms with Gasteiger partial charge in [0, 0.05) is 24.1 Å². The number of aryl methyl sites for hydroxylation is 1. The van der Waals surface area contributed by atoms with Crippen molar-refractivity contribution < 1.29 is 4.79 Å². The maximum Gasteiger partial charge on any atom is 0.251 e. The van der Waals surface area contributed by atoms with Gasteiger partial charge in [0.15, 0.2) is 4.34 Å². The first-order valence-electron chi connectivity index (χ1n) is 7.53. The van der Waals surface area contributed by atoms with E-state index in [0.717, 1.165) is 32.8 Å².